The second-order valence-electron chi connectivity index (χ2n) is 7.17. The van der Waals surface area contributed by atoms with Gasteiger partial charge in [-0.2, -0.15) is 13.2 Å². The van der Waals surface area contributed by atoms with Gasteiger partial charge < -0.3 is 14.0 Å². The number of benzene rings is 2. The number of hydrogen-bond donors (Lipinski definition) is 1. The first-order valence-electron chi connectivity index (χ1n) is 9.37. The van der Waals surface area contributed by atoms with Crippen LogP contribution in [0.2, 0.25) is 0 Å². The van der Waals surface area contributed by atoms with Crippen molar-refractivity contribution >= 4 is 15.7 Å². The number of aryl methyl sites for hydroxylation is 1. The van der Waals surface area contributed by atoms with Crippen molar-refractivity contribution in [3.8, 4) is 28.4 Å². The number of pyridine rings is 1. The third kappa shape index (κ3) is 6.47. The summed E-state index contributed by atoms with van der Waals surface area (Å²) in [4.78, 5) is 12.2. The molecule has 2 aromatic carbocycles. The average Bonchev–Trinajstić information content (AvgIpc) is 2.70. The van der Waals surface area contributed by atoms with Crippen LogP contribution in [0.25, 0.3) is 11.1 Å². The number of nitrogens with zero attached hydrogens (tertiary/aromatic N) is 1. The van der Waals surface area contributed by atoms with Crippen molar-refractivity contribution in [1.29, 1.82) is 0 Å². The first-order chi connectivity index (χ1) is 15.7. The first-order valence-corrected chi connectivity index (χ1v) is 11.3. The van der Waals surface area contributed by atoms with Crippen LogP contribution in [0, 0.1) is 11.6 Å². The number of anilines is 1. The molecule has 1 aromatic heterocycles. The molecule has 0 unspecified atom stereocenters. The molecule has 3 rings (SSSR count). The molecule has 13 heteroatoms. The maximum Gasteiger partial charge on any atom is 0.422 e. The van der Waals surface area contributed by atoms with E-state index in [1.807, 2.05) is 0 Å². The van der Waals surface area contributed by atoms with Crippen LogP contribution in [0.3, 0.4) is 0 Å². The van der Waals surface area contributed by atoms with E-state index in [0.717, 1.165) is 29.0 Å². The molecule has 0 bridgehead atoms. The van der Waals surface area contributed by atoms with Crippen molar-refractivity contribution in [2.75, 3.05) is 17.6 Å². The molecule has 182 valence electrons. The van der Waals surface area contributed by atoms with E-state index in [1.54, 1.807) is 0 Å². The Balaban J connectivity index is 2.14. The van der Waals surface area contributed by atoms with Gasteiger partial charge in [0, 0.05) is 36.1 Å². The van der Waals surface area contributed by atoms with Crippen LogP contribution in [-0.4, -0.2) is 32.0 Å². The molecule has 0 amide bonds. The third-order valence-corrected chi connectivity index (χ3v) is 4.86. The van der Waals surface area contributed by atoms with Crippen LogP contribution in [0.4, 0.5) is 27.6 Å². The summed E-state index contributed by atoms with van der Waals surface area (Å²) in [5, 5.41) is 0. The van der Waals surface area contributed by atoms with E-state index in [-0.39, 0.29) is 28.3 Å². The SMILES string of the molecule is Cn1cc(-c2cc(NS(C)(=O)=O)ccc2Oc2ccc(F)cc2F)cc(OCC(F)(F)F)c1=O. The molecule has 0 radical (unpaired) electrons. The van der Waals surface area contributed by atoms with Gasteiger partial charge in [-0.15, -0.1) is 0 Å². The first kappa shape index (κ1) is 25.0. The lowest BCUT2D eigenvalue weighted by atomic mass is 10.1. The van der Waals surface area contributed by atoms with Crippen LogP contribution in [0.5, 0.6) is 17.2 Å². The zero-order valence-electron chi connectivity index (χ0n) is 17.6. The Bertz CT molecular complexity index is 1390. The normalized spacial score (nSPS) is 11.9. The van der Waals surface area contributed by atoms with Gasteiger partial charge in [0.2, 0.25) is 10.0 Å². The topological polar surface area (TPSA) is 86.6 Å². The minimum absolute atomic E-state index is 0.0519. The summed E-state index contributed by atoms with van der Waals surface area (Å²) in [7, 11) is -2.44. The number of ether oxygens (including phenoxy) is 2. The summed E-state index contributed by atoms with van der Waals surface area (Å²) in [5.41, 5.74) is -0.639. The second-order valence-corrected chi connectivity index (χ2v) is 8.92. The summed E-state index contributed by atoms with van der Waals surface area (Å²) in [6.07, 6.45) is -2.55. The van der Waals surface area contributed by atoms with Gasteiger partial charge in [-0.1, -0.05) is 0 Å². The van der Waals surface area contributed by atoms with E-state index in [9.17, 15) is 35.2 Å². The molecule has 0 atom stereocenters. The quantitative estimate of drug-likeness (QED) is 0.481. The fourth-order valence-corrected chi connectivity index (χ4v) is 3.45. The van der Waals surface area contributed by atoms with Crippen LogP contribution >= 0.6 is 0 Å². The maximum absolute atomic E-state index is 14.1. The number of hydrogen-bond acceptors (Lipinski definition) is 5. The van der Waals surface area contributed by atoms with Crippen LogP contribution < -0.4 is 19.8 Å². The Kier molecular flexibility index (Phi) is 6.87. The number of nitrogens with one attached hydrogen (secondary N) is 1. The molecule has 1 N–H and O–H groups in total. The predicted octanol–water partition coefficient (Wildman–Crippen LogP) is 4.44. The molecule has 0 saturated carbocycles. The zero-order chi connectivity index (χ0) is 25.3. The van der Waals surface area contributed by atoms with Gasteiger partial charge in [-0.05, 0) is 36.4 Å². The van der Waals surface area contributed by atoms with Gasteiger partial charge in [0.25, 0.3) is 5.56 Å². The summed E-state index contributed by atoms with van der Waals surface area (Å²) in [6.45, 7) is -1.72. The molecule has 3 aromatic rings. The molecule has 0 saturated heterocycles. The smallest absolute Gasteiger partial charge is 0.422 e. The van der Waals surface area contributed by atoms with E-state index in [4.69, 9.17) is 4.74 Å². The Morgan fingerprint density at radius 1 is 1.00 bits per heavy atom. The standard InChI is InChI=1S/C21H17F5N2O5S/c1-28-10-12(7-19(20(28)29)32-11-21(24,25)26)15-9-14(27-34(2,30)31)4-6-17(15)33-18-5-3-13(22)8-16(18)23/h3-10,27H,11H2,1-2H3. The predicted molar refractivity (Wildman–Crippen MR) is 114 cm³/mol. The lowest BCUT2D eigenvalue weighted by Crippen LogP contribution is -2.25. The highest BCUT2D eigenvalue weighted by atomic mass is 32.2. The summed E-state index contributed by atoms with van der Waals surface area (Å²) < 4.78 is 102. The lowest BCUT2D eigenvalue weighted by molar-refractivity contribution is -0.153. The van der Waals surface area contributed by atoms with Crippen LogP contribution in [0.1, 0.15) is 0 Å². The maximum atomic E-state index is 14.1. The van der Waals surface area contributed by atoms with Gasteiger partial charge in [0.05, 0.1) is 6.26 Å². The Morgan fingerprint density at radius 2 is 1.68 bits per heavy atom. The van der Waals surface area contributed by atoms with Crippen molar-refractivity contribution in [3.05, 3.63) is 70.6 Å². The summed E-state index contributed by atoms with van der Waals surface area (Å²) >= 11 is 0. The number of rotatable bonds is 7. The van der Waals surface area contributed by atoms with Gasteiger partial charge >= 0.3 is 6.18 Å². The van der Waals surface area contributed by atoms with E-state index in [2.05, 4.69) is 9.46 Å². The fraction of sp³-hybridized carbons (Fsp3) is 0.190. The lowest BCUT2D eigenvalue weighted by Gasteiger charge is -2.16. The van der Waals surface area contributed by atoms with Crippen LogP contribution in [0.15, 0.2) is 53.5 Å². The fourth-order valence-electron chi connectivity index (χ4n) is 2.89. The largest absolute Gasteiger partial charge is 0.478 e. The minimum atomic E-state index is -4.70. The van der Waals surface area contributed by atoms with Crippen molar-refractivity contribution in [3.63, 3.8) is 0 Å². The van der Waals surface area contributed by atoms with Gasteiger partial charge in [-0.3, -0.25) is 9.52 Å². The highest BCUT2D eigenvalue weighted by Crippen LogP contribution is 2.37. The summed E-state index contributed by atoms with van der Waals surface area (Å²) in [5.74, 6) is -2.94. The second kappa shape index (κ2) is 9.33. The number of halogens is 5. The Labute approximate surface area is 190 Å². The average molecular weight is 504 g/mol. The molecular formula is C21H17F5N2O5S. The molecule has 7 nitrogen and oxygen atoms in total. The van der Waals surface area contributed by atoms with E-state index in [0.29, 0.717) is 6.07 Å². The molecule has 0 aliphatic rings. The monoisotopic (exact) mass is 504 g/mol. The van der Waals surface area contributed by atoms with Crippen molar-refractivity contribution in [1.82, 2.24) is 4.57 Å². The van der Waals surface area contributed by atoms with E-state index >= 15 is 0 Å². The van der Waals surface area contributed by atoms with Gasteiger partial charge in [0.15, 0.2) is 23.9 Å². The Hall–Kier alpha value is -3.61. The van der Waals surface area contributed by atoms with E-state index < -0.39 is 45.7 Å². The molecule has 0 spiro atoms. The number of alkyl halides is 3. The number of sulfonamides is 1. The van der Waals surface area contributed by atoms with Gasteiger partial charge in [0.1, 0.15) is 11.6 Å². The Morgan fingerprint density at radius 3 is 2.29 bits per heavy atom. The molecule has 34 heavy (non-hydrogen) atoms. The molecule has 0 aliphatic heterocycles. The van der Waals surface area contributed by atoms with Crippen molar-refractivity contribution in [2.24, 2.45) is 7.05 Å². The zero-order valence-corrected chi connectivity index (χ0v) is 18.4. The summed E-state index contributed by atoms with van der Waals surface area (Å²) in [6, 6.07) is 7.41. The van der Waals surface area contributed by atoms with Crippen LogP contribution in [-0.2, 0) is 17.1 Å². The molecule has 1 heterocycles. The van der Waals surface area contributed by atoms with E-state index in [1.165, 1.54) is 31.4 Å². The van der Waals surface area contributed by atoms with Gasteiger partial charge in [-0.25, -0.2) is 17.2 Å². The highest BCUT2D eigenvalue weighted by Gasteiger charge is 2.29. The number of aromatic nitrogens is 1. The van der Waals surface area contributed by atoms with Crippen molar-refractivity contribution < 1.29 is 39.8 Å². The molecule has 0 fully saturated rings. The minimum Gasteiger partial charge on any atom is -0.478 e. The highest BCUT2D eigenvalue weighted by molar-refractivity contribution is 7.92. The molecular weight excluding hydrogens is 487 g/mol. The third-order valence-electron chi connectivity index (χ3n) is 4.25. The molecule has 0 aliphatic carbocycles. The van der Waals surface area contributed by atoms with Crippen molar-refractivity contribution in [2.45, 2.75) is 6.18 Å².